The first kappa shape index (κ1) is 18.4. The Hall–Kier alpha value is -2.00. The summed E-state index contributed by atoms with van der Waals surface area (Å²) in [5.74, 6) is 2.81. The van der Waals surface area contributed by atoms with E-state index in [4.69, 9.17) is 9.47 Å². The molecule has 1 atom stereocenters. The van der Waals surface area contributed by atoms with Crippen molar-refractivity contribution in [1.82, 2.24) is 4.90 Å². The summed E-state index contributed by atoms with van der Waals surface area (Å²) in [6.07, 6.45) is 5.82. The van der Waals surface area contributed by atoms with Crippen LogP contribution in [0.25, 0.3) is 0 Å². The molecule has 2 aliphatic rings. The Morgan fingerprint density at radius 2 is 2.11 bits per heavy atom. The molecule has 0 radical (unpaired) electrons. The van der Waals surface area contributed by atoms with Crippen molar-refractivity contribution < 1.29 is 9.47 Å². The van der Waals surface area contributed by atoms with Crippen LogP contribution in [0.2, 0.25) is 0 Å². The standard InChI is InChI=1S/C24H31NO2/c1-3-26-23-9-5-7-21-20(6-4-8-22(21)23)17-25(2)14-12-18-10-11-19-13-15-27-24(19)16-18/h5,7,9-11,16,20H,3-4,6,8,12-15,17H2,1-2H3. The van der Waals surface area contributed by atoms with Crippen molar-refractivity contribution >= 4 is 0 Å². The highest BCUT2D eigenvalue weighted by atomic mass is 16.5. The molecule has 0 saturated heterocycles. The minimum Gasteiger partial charge on any atom is -0.494 e. The highest BCUT2D eigenvalue weighted by molar-refractivity contribution is 5.44. The topological polar surface area (TPSA) is 21.7 Å². The van der Waals surface area contributed by atoms with E-state index in [1.54, 1.807) is 0 Å². The molecule has 2 aromatic rings. The van der Waals surface area contributed by atoms with Crippen molar-refractivity contribution in [3.63, 3.8) is 0 Å². The number of rotatable bonds is 7. The van der Waals surface area contributed by atoms with E-state index < -0.39 is 0 Å². The van der Waals surface area contributed by atoms with Gasteiger partial charge in [0.2, 0.25) is 0 Å². The molecule has 4 rings (SSSR count). The van der Waals surface area contributed by atoms with Gasteiger partial charge in [0.15, 0.2) is 0 Å². The lowest BCUT2D eigenvalue weighted by atomic mass is 9.82. The monoisotopic (exact) mass is 365 g/mol. The second kappa shape index (κ2) is 8.35. The third-order valence-corrected chi connectivity index (χ3v) is 5.96. The molecule has 1 unspecified atom stereocenters. The molecule has 0 aromatic heterocycles. The van der Waals surface area contributed by atoms with E-state index in [9.17, 15) is 0 Å². The first-order chi connectivity index (χ1) is 13.2. The zero-order chi connectivity index (χ0) is 18.6. The largest absolute Gasteiger partial charge is 0.494 e. The van der Waals surface area contributed by atoms with Gasteiger partial charge in [-0.2, -0.15) is 0 Å². The molecule has 0 spiro atoms. The van der Waals surface area contributed by atoms with E-state index in [2.05, 4.69) is 55.3 Å². The Morgan fingerprint density at radius 1 is 1.19 bits per heavy atom. The van der Waals surface area contributed by atoms with Gasteiger partial charge in [-0.05, 0) is 80.0 Å². The lowest BCUT2D eigenvalue weighted by Crippen LogP contribution is -2.28. The summed E-state index contributed by atoms with van der Waals surface area (Å²) in [6.45, 7) is 5.84. The molecule has 3 nitrogen and oxygen atoms in total. The van der Waals surface area contributed by atoms with Gasteiger partial charge < -0.3 is 14.4 Å². The maximum atomic E-state index is 5.87. The summed E-state index contributed by atoms with van der Waals surface area (Å²) in [5, 5.41) is 0. The van der Waals surface area contributed by atoms with Gasteiger partial charge in [-0.1, -0.05) is 24.3 Å². The normalized spacial score (nSPS) is 18.1. The minimum absolute atomic E-state index is 0.613. The fourth-order valence-corrected chi connectivity index (χ4v) is 4.55. The lowest BCUT2D eigenvalue weighted by molar-refractivity contribution is 0.296. The number of nitrogens with zero attached hydrogens (tertiary/aromatic N) is 1. The first-order valence-electron chi connectivity index (χ1n) is 10.4. The molecule has 1 aliphatic heterocycles. The summed E-state index contributed by atoms with van der Waals surface area (Å²) >= 11 is 0. The highest BCUT2D eigenvalue weighted by Gasteiger charge is 2.24. The molecular weight excluding hydrogens is 334 g/mol. The molecule has 0 saturated carbocycles. The number of ether oxygens (including phenoxy) is 2. The summed E-state index contributed by atoms with van der Waals surface area (Å²) in [5.41, 5.74) is 5.69. The van der Waals surface area contributed by atoms with Gasteiger partial charge in [0.25, 0.3) is 0 Å². The number of hydrogen-bond acceptors (Lipinski definition) is 3. The van der Waals surface area contributed by atoms with E-state index in [1.165, 1.54) is 35.1 Å². The molecule has 0 N–H and O–H groups in total. The number of likely N-dealkylation sites (N-methyl/N-ethyl adjacent to an activating group) is 1. The van der Waals surface area contributed by atoms with E-state index in [0.29, 0.717) is 5.92 Å². The van der Waals surface area contributed by atoms with Gasteiger partial charge in [-0.15, -0.1) is 0 Å². The third-order valence-electron chi connectivity index (χ3n) is 5.96. The second-order valence-corrected chi connectivity index (χ2v) is 7.90. The van der Waals surface area contributed by atoms with Crippen molar-refractivity contribution in [2.75, 3.05) is 33.4 Å². The third kappa shape index (κ3) is 4.14. The van der Waals surface area contributed by atoms with E-state index >= 15 is 0 Å². The van der Waals surface area contributed by atoms with Gasteiger partial charge in [0, 0.05) is 19.5 Å². The van der Waals surface area contributed by atoms with Crippen LogP contribution in [0.15, 0.2) is 36.4 Å². The predicted molar refractivity (Wildman–Crippen MR) is 110 cm³/mol. The second-order valence-electron chi connectivity index (χ2n) is 7.90. The number of hydrogen-bond donors (Lipinski definition) is 0. The summed E-state index contributed by atoms with van der Waals surface area (Å²) in [7, 11) is 2.25. The Morgan fingerprint density at radius 3 is 3.00 bits per heavy atom. The van der Waals surface area contributed by atoms with Crippen LogP contribution in [-0.2, 0) is 19.3 Å². The van der Waals surface area contributed by atoms with Crippen molar-refractivity contribution in [3.05, 3.63) is 58.7 Å². The van der Waals surface area contributed by atoms with E-state index in [0.717, 1.165) is 57.1 Å². The fraction of sp³-hybridized carbons (Fsp3) is 0.500. The maximum Gasteiger partial charge on any atom is 0.122 e. The van der Waals surface area contributed by atoms with Crippen LogP contribution in [0.1, 0.15) is 47.9 Å². The Labute approximate surface area is 163 Å². The summed E-state index contributed by atoms with van der Waals surface area (Å²) in [4.78, 5) is 2.49. The van der Waals surface area contributed by atoms with Crippen LogP contribution in [0.4, 0.5) is 0 Å². The SMILES string of the molecule is CCOc1cccc2c1CCCC2CN(C)CCc1ccc2c(c1)OCC2. The van der Waals surface area contributed by atoms with Gasteiger partial charge in [0.1, 0.15) is 11.5 Å². The molecule has 144 valence electrons. The fourth-order valence-electron chi connectivity index (χ4n) is 4.55. The van der Waals surface area contributed by atoms with Crippen LogP contribution in [0, 0.1) is 0 Å². The molecule has 27 heavy (non-hydrogen) atoms. The van der Waals surface area contributed by atoms with Crippen molar-refractivity contribution in [2.24, 2.45) is 0 Å². The van der Waals surface area contributed by atoms with Crippen molar-refractivity contribution in [2.45, 2.75) is 44.9 Å². The van der Waals surface area contributed by atoms with Gasteiger partial charge in [-0.3, -0.25) is 0 Å². The summed E-state index contributed by atoms with van der Waals surface area (Å²) in [6, 6.07) is 13.3. The van der Waals surface area contributed by atoms with Crippen molar-refractivity contribution in [3.8, 4) is 11.5 Å². The van der Waals surface area contributed by atoms with Crippen LogP contribution in [0.3, 0.4) is 0 Å². The molecule has 1 aliphatic carbocycles. The van der Waals surface area contributed by atoms with Crippen LogP contribution in [0.5, 0.6) is 11.5 Å². The molecule has 2 aromatic carbocycles. The average molecular weight is 366 g/mol. The zero-order valence-electron chi connectivity index (χ0n) is 16.7. The summed E-state index contributed by atoms with van der Waals surface area (Å²) < 4.78 is 11.6. The van der Waals surface area contributed by atoms with Crippen molar-refractivity contribution in [1.29, 1.82) is 0 Å². The number of fused-ring (bicyclic) bond motifs is 2. The van der Waals surface area contributed by atoms with Gasteiger partial charge in [-0.25, -0.2) is 0 Å². The van der Waals surface area contributed by atoms with E-state index in [1.807, 2.05) is 0 Å². The molecule has 3 heteroatoms. The first-order valence-corrected chi connectivity index (χ1v) is 10.4. The maximum absolute atomic E-state index is 5.87. The Kier molecular flexibility index (Phi) is 5.68. The predicted octanol–water partition coefficient (Wildman–Crippen LogP) is 4.61. The highest BCUT2D eigenvalue weighted by Crippen LogP contribution is 2.37. The van der Waals surface area contributed by atoms with E-state index in [-0.39, 0.29) is 0 Å². The Bertz CT molecular complexity index is 786. The van der Waals surface area contributed by atoms with Crippen LogP contribution in [-0.4, -0.2) is 38.3 Å². The van der Waals surface area contributed by atoms with Crippen LogP contribution >= 0.6 is 0 Å². The molecule has 0 bridgehead atoms. The Balaban J connectivity index is 1.38. The molecule has 1 heterocycles. The average Bonchev–Trinajstić information content (AvgIpc) is 3.15. The molecular formula is C24H31NO2. The van der Waals surface area contributed by atoms with Gasteiger partial charge >= 0.3 is 0 Å². The minimum atomic E-state index is 0.613. The molecule has 0 fully saturated rings. The zero-order valence-corrected chi connectivity index (χ0v) is 16.7. The lowest BCUT2D eigenvalue weighted by Gasteiger charge is -2.30. The van der Waals surface area contributed by atoms with Crippen LogP contribution < -0.4 is 9.47 Å². The quantitative estimate of drug-likeness (QED) is 0.715. The van der Waals surface area contributed by atoms with Gasteiger partial charge in [0.05, 0.1) is 13.2 Å². The smallest absolute Gasteiger partial charge is 0.122 e. The number of benzene rings is 2. The molecule has 0 amide bonds.